The monoisotopic (exact) mass is 1400 g/mol. The van der Waals surface area contributed by atoms with Crippen molar-refractivity contribution in [2.45, 2.75) is 26.2 Å². The highest BCUT2D eigenvalue weighted by Gasteiger charge is 2.42. The SMILES string of the molecule is Cn1c2ccccc2c2c1[n+]1c(n2-c2ccccc2)-c2ccccc2C1.[2H]C([2H])([2H])n1c2ccccc2c2c1[n+]1c(n2-c2ccccc2)-c2ccccc2C1.c1ccc(-n2c3[n+](c4c2c2ccccc2n4-c2ccccc2)Cc2ccccc2-3)cc1.c1ccc(-n2c3[n+](c4oc5ccccc5c42)Cc2ccccc2-3)cc1. The van der Waals surface area contributed by atoms with Crippen LogP contribution in [0.2, 0.25) is 0 Å². The van der Waals surface area contributed by atoms with Gasteiger partial charge in [0.2, 0.25) is 23.0 Å². The molecular formula is C96H71N11O+4. The molecule has 12 heterocycles. The van der Waals surface area contributed by atoms with Crippen LogP contribution in [0.5, 0.6) is 0 Å². The van der Waals surface area contributed by atoms with Crippen molar-refractivity contribution < 1.29 is 26.8 Å². The summed E-state index contributed by atoms with van der Waals surface area (Å²) in [5, 5.41) is 4.67. The van der Waals surface area contributed by atoms with Gasteiger partial charge in [0, 0.05) is 22.3 Å². The standard InChI is InChI=1S/C28H20N3.2C23H18N3.C22H15N2O/c1-3-12-21(13-4-1)30-25-18-10-9-17-24(25)26-28(30)29-19-20-11-7-8-16-23(20)27(29)31(26)22-14-5-2-6-15-22;2*1-24-20-14-8-7-13-19(20)21-23(24)25-15-16-9-5-6-12-18(16)22(25)26(21)17-10-3-2-4-11-17;1-2-9-16(10-3-1)24-20-18-12-6-7-13-19(18)25-22(20)23-14-15-8-4-5-11-17(15)21(23)24/h1-18H,19H2;2*2-14H,15H2,1H3;1-13H,14H2/q4*+1/i;1D3;;. The number of hydrogen-bond donors (Lipinski definition) is 0. The van der Waals surface area contributed by atoms with E-state index in [0.717, 1.165) is 86.7 Å². The maximum absolute atomic E-state index is 8.26. The van der Waals surface area contributed by atoms with Crippen molar-refractivity contribution in [2.24, 2.45) is 14.0 Å². The second-order valence-corrected chi connectivity index (χ2v) is 28.3. The number of para-hydroxylation sites is 9. The number of furan rings is 1. The van der Waals surface area contributed by atoms with E-state index in [1.807, 2.05) is 66.7 Å². The predicted molar refractivity (Wildman–Crippen MR) is 432 cm³/mol. The van der Waals surface area contributed by atoms with Gasteiger partial charge in [0.05, 0.1) is 81.6 Å². The third-order valence-electron chi connectivity index (χ3n) is 22.4. The predicted octanol–water partition coefficient (Wildman–Crippen LogP) is 19.5. The van der Waals surface area contributed by atoms with Crippen LogP contribution in [-0.4, -0.2) is 32.0 Å². The maximum Gasteiger partial charge on any atom is 0.340 e. The molecule has 0 fully saturated rings. The van der Waals surface area contributed by atoms with Crippen LogP contribution in [0.1, 0.15) is 26.4 Å². The maximum atomic E-state index is 8.26. The number of aryl methyl sites for hydroxylation is 2. The second kappa shape index (κ2) is 24.2. The molecule has 0 bridgehead atoms. The first-order valence-corrected chi connectivity index (χ1v) is 37.0. The molecule has 0 atom stereocenters. The number of benzene rings is 13. The summed E-state index contributed by atoms with van der Waals surface area (Å²) in [4.78, 5) is 0. The first-order valence-electron chi connectivity index (χ1n) is 38.5. The van der Waals surface area contributed by atoms with Crippen molar-refractivity contribution in [3.05, 3.63) is 368 Å². The van der Waals surface area contributed by atoms with Crippen LogP contribution >= 0.6 is 0 Å². The first-order chi connectivity index (χ1) is 54.7. The lowest BCUT2D eigenvalue weighted by Crippen LogP contribution is -2.33. The van der Waals surface area contributed by atoms with Gasteiger partial charge in [0.15, 0.2) is 16.6 Å². The number of hydrogen-bond acceptors (Lipinski definition) is 1. The lowest BCUT2D eigenvalue weighted by molar-refractivity contribution is -0.652. The van der Waals surface area contributed by atoms with Gasteiger partial charge in [-0.15, -0.1) is 0 Å². The van der Waals surface area contributed by atoms with Gasteiger partial charge in [-0.2, -0.15) is 9.13 Å². The van der Waals surface area contributed by atoms with Crippen molar-refractivity contribution in [3.8, 4) is 74.0 Å². The molecule has 4 aliphatic rings. The number of fused-ring (bicyclic) bond motifs is 28. The lowest BCUT2D eigenvalue weighted by atomic mass is 10.1. The van der Waals surface area contributed by atoms with Gasteiger partial charge in [-0.25, -0.2) is 32.0 Å². The Morgan fingerprint density at radius 1 is 0.259 bits per heavy atom. The zero-order valence-corrected chi connectivity index (χ0v) is 59.1. The van der Waals surface area contributed by atoms with E-state index in [9.17, 15) is 0 Å². The van der Waals surface area contributed by atoms with Gasteiger partial charge in [0.1, 0.15) is 57.1 Å². The Morgan fingerprint density at radius 3 is 0.972 bits per heavy atom. The summed E-state index contributed by atoms with van der Waals surface area (Å²) in [6.45, 7) is 1.03. The average molecular weight is 1400 g/mol. The van der Waals surface area contributed by atoms with E-state index in [1.54, 1.807) is 0 Å². The average Bonchev–Trinajstić information content (AvgIpc) is 1.55. The van der Waals surface area contributed by atoms with E-state index >= 15 is 0 Å². The molecule has 0 aliphatic carbocycles. The fraction of sp³-hybridized carbons (Fsp3) is 0.0625. The Bertz CT molecular complexity index is 7320. The van der Waals surface area contributed by atoms with Crippen molar-refractivity contribution in [3.63, 3.8) is 0 Å². The van der Waals surface area contributed by atoms with Crippen molar-refractivity contribution in [1.82, 2.24) is 32.0 Å². The van der Waals surface area contributed by atoms with E-state index in [1.165, 1.54) is 122 Å². The summed E-state index contributed by atoms with van der Waals surface area (Å²) in [7, 11) is 2.18. The highest BCUT2D eigenvalue weighted by molar-refractivity contribution is 6.09. The van der Waals surface area contributed by atoms with Gasteiger partial charge in [-0.1, -0.05) is 212 Å². The Labute approximate surface area is 625 Å². The highest BCUT2D eigenvalue weighted by Crippen LogP contribution is 2.44. The Hall–Kier alpha value is -14.1. The van der Waals surface area contributed by atoms with Crippen LogP contribution in [0.25, 0.3) is 162 Å². The largest absolute Gasteiger partial charge is 0.419 e. The molecule has 12 nitrogen and oxygen atoms in total. The summed E-state index contributed by atoms with van der Waals surface area (Å²) in [6, 6.07) is 121. The fourth-order valence-electron chi connectivity index (χ4n) is 18.0. The molecule has 25 rings (SSSR count). The third-order valence-corrected chi connectivity index (χ3v) is 22.4. The minimum Gasteiger partial charge on any atom is -0.419 e. The summed E-state index contributed by atoms with van der Waals surface area (Å²) >= 11 is 0. The normalized spacial score (nSPS) is 13.1. The van der Waals surface area contributed by atoms with Crippen LogP contribution in [-0.2, 0) is 40.2 Å². The van der Waals surface area contributed by atoms with Gasteiger partial charge >= 0.3 is 5.71 Å². The summed E-state index contributed by atoms with van der Waals surface area (Å²) in [5.74, 6) is 4.75. The topological polar surface area (TPSA) is 63.2 Å². The molecule has 0 unspecified atom stereocenters. The molecule has 8 aromatic heterocycles. The Balaban J connectivity index is 0.0000000913. The molecular weight excluding hydrogens is 1320 g/mol. The van der Waals surface area contributed by atoms with Crippen LogP contribution in [0.15, 0.2) is 350 Å². The van der Waals surface area contributed by atoms with E-state index in [4.69, 9.17) is 8.53 Å². The van der Waals surface area contributed by atoms with E-state index in [0.29, 0.717) is 6.54 Å². The molecule has 0 spiro atoms. The molecule has 21 aromatic rings. The van der Waals surface area contributed by atoms with Crippen LogP contribution in [0, 0.1) is 0 Å². The van der Waals surface area contributed by atoms with E-state index in [-0.39, 0.29) is 0 Å². The van der Waals surface area contributed by atoms with Crippen molar-refractivity contribution in [2.75, 3.05) is 0 Å². The molecule has 108 heavy (non-hydrogen) atoms. The zero-order valence-electron chi connectivity index (χ0n) is 62.1. The van der Waals surface area contributed by atoms with Crippen LogP contribution in [0.4, 0.5) is 0 Å². The molecule has 512 valence electrons. The molecule has 0 saturated carbocycles. The highest BCUT2D eigenvalue weighted by atomic mass is 16.3. The molecule has 0 saturated heterocycles. The summed E-state index contributed by atoms with van der Waals surface area (Å²) in [6.07, 6.45) is 0. The van der Waals surface area contributed by atoms with Crippen LogP contribution in [0.3, 0.4) is 0 Å². The minimum absolute atomic E-state index is 0.661. The van der Waals surface area contributed by atoms with E-state index < -0.39 is 6.98 Å². The van der Waals surface area contributed by atoms with Crippen molar-refractivity contribution >= 4 is 88.4 Å². The van der Waals surface area contributed by atoms with E-state index in [2.05, 4.69) is 332 Å². The molecule has 0 radical (unpaired) electrons. The summed E-state index contributed by atoms with van der Waals surface area (Å²) < 4.78 is 56.2. The molecule has 12 heteroatoms. The number of rotatable bonds is 5. The second-order valence-electron chi connectivity index (χ2n) is 28.3. The van der Waals surface area contributed by atoms with Gasteiger partial charge in [-0.3, -0.25) is 9.13 Å². The Kier molecular flexibility index (Phi) is 13.1. The minimum atomic E-state index is -2.28. The third kappa shape index (κ3) is 9.04. The van der Waals surface area contributed by atoms with Gasteiger partial charge < -0.3 is 4.42 Å². The fourth-order valence-corrected chi connectivity index (χ4v) is 18.0. The molecule has 0 N–H and O–H groups in total. The number of aromatic nitrogens is 11. The lowest BCUT2D eigenvalue weighted by Gasteiger charge is -2.05. The van der Waals surface area contributed by atoms with Crippen LogP contribution < -0.4 is 18.3 Å². The number of imidazole rings is 4. The van der Waals surface area contributed by atoms with Gasteiger partial charge in [-0.05, 0) is 133 Å². The quantitative estimate of drug-likeness (QED) is 0.158. The first kappa shape index (κ1) is 58.3. The van der Waals surface area contributed by atoms with Gasteiger partial charge in [0.25, 0.3) is 22.8 Å². The summed E-state index contributed by atoms with van der Waals surface area (Å²) in [5.41, 5.74) is 29.1. The number of nitrogens with zero attached hydrogens (tertiary/aromatic N) is 11. The zero-order chi connectivity index (χ0) is 73.7. The molecule has 0 amide bonds. The van der Waals surface area contributed by atoms with Crippen molar-refractivity contribution in [1.29, 1.82) is 0 Å². The Morgan fingerprint density at radius 2 is 0.546 bits per heavy atom. The smallest absolute Gasteiger partial charge is 0.340 e. The molecule has 4 aliphatic heterocycles. The molecule has 13 aromatic carbocycles.